The minimum absolute atomic E-state index is 0. The second-order valence-electron chi connectivity index (χ2n) is 1.23. The SMILES string of the molecule is CC.CN(C)C(N)=O.[HH]. The number of amides is 2. The van der Waals surface area contributed by atoms with E-state index in [2.05, 4.69) is 0 Å². The van der Waals surface area contributed by atoms with E-state index in [1.807, 2.05) is 13.8 Å². The number of primary amides is 1. The van der Waals surface area contributed by atoms with E-state index in [4.69, 9.17) is 5.73 Å². The van der Waals surface area contributed by atoms with Crippen LogP contribution in [0.25, 0.3) is 0 Å². The van der Waals surface area contributed by atoms with Crippen LogP contribution in [-0.2, 0) is 0 Å². The fraction of sp³-hybridized carbons (Fsp3) is 0.800. The van der Waals surface area contributed by atoms with Crippen molar-refractivity contribution in [3.8, 4) is 0 Å². The summed E-state index contributed by atoms with van der Waals surface area (Å²) in [5.74, 6) is 0. The number of nitrogens with zero attached hydrogens (tertiary/aromatic N) is 1. The van der Waals surface area contributed by atoms with Gasteiger partial charge >= 0.3 is 6.03 Å². The molecule has 0 aromatic heterocycles. The molecule has 0 fully saturated rings. The van der Waals surface area contributed by atoms with Crippen LogP contribution in [0.4, 0.5) is 4.79 Å². The van der Waals surface area contributed by atoms with Crippen molar-refractivity contribution in [3.63, 3.8) is 0 Å². The normalized spacial score (nSPS) is 6.50. The van der Waals surface area contributed by atoms with E-state index >= 15 is 0 Å². The van der Waals surface area contributed by atoms with Crippen LogP contribution in [-0.4, -0.2) is 25.0 Å². The Morgan fingerprint density at radius 2 is 1.62 bits per heavy atom. The highest BCUT2D eigenvalue weighted by Crippen LogP contribution is 1.65. The monoisotopic (exact) mass is 120 g/mol. The molecule has 2 amide bonds. The van der Waals surface area contributed by atoms with Crippen molar-refractivity contribution in [2.24, 2.45) is 5.73 Å². The van der Waals surface area contributed by atoms with E-state index in [1.165, 1.54) is 4.90 Å². The lowest BCUT2D eigenvalue weighted by atomic mass is 10.9. The minimum atomic E-state index is -0.407. The Morgan fingerprint density at radius 3 is 1.62 bits per heavy atom. The molecule has 0 aromatic rings. The topological polar surface area (TPSA) is 46.3 Å². The van der Waals surface area contributed by atoms with Crippen LogP contribution in [0, 0.1) is 0 Å². The van der Waals surface area contributed by atoms with Crippen LogP contribution in [0.1, 0.15) is 15.3 Å². The molecule has 0 saturated heterocycles. The second kappa shape index (κ2) is 6.27. The van der Waals surface area contributed by atoms with Crippen molar-refractivity contribution < 1.29 is 6.22 Å². The van der Waals surface area contributed by atoms with Gasteiger partial charge in [-0.15, -0.1) is 0 Å². The van der Waals surface area contributed by atoms with Gasteiger partial charge in [0, 0.05) is 15.5 Å². The molecule has 0 rings (SSSR count). The van der Waals surface area contributed by atoms with Gasteiger partial charge in [0.15, 0.2) is 0 Å². The number of hydrogen-bond acceptors (Lipinski definition) is 1. The zero-order chi connectivity index (χ0) is 7.15. The van der Waals surface area contributed by atoms with Gasteiger partial charge in [0.1, 0.15) is 0 Å². The van der Waals surface area contributed by atoms with Gasteiger partial charge in [0.05, 0.1) is 0 Å². The number of urea groups is 1. The van der Waals surface area contributed by atoms with Crippen LogP contribution >= 0.6 is 0 Å². The summed E-state index contributed by atoms with van der Waals surface area (Å²) in [6.45, 7) is 4.00. The maximum absolute atomic E-state index is 9.85. The van der Waals surface area contributed by atoms with E-state index in [0.717, 1.165) is 0 Å². The average Bonchev–Trinajstić information content (AvgIpc) is 1.72. The third-order valence-corrected chi connectivity index (χ3v) is 0.441. The minimum Gasteiger partial charge on any atom is -0.352 e. The average molecular weight is 120 g/mol. The predicted molar refractivity (Wildman–Crippen MR) is 36.7 cm³/mol. The summed E-state index contributed by atoms with van der Waals surface area (Å²) in [5.41, 5.74) is 4.72. The van der Waals surface area contributed by atoms with Gasteiger partial charge in [-0.1, -0.05) is 13.8 Å². The smallest absolute Gasteiger partial charge is 0.314 e. The van der Waals surface area contributed by atoms with E-state index in [9.17, 15) is 4.79 Å². The molecule has 0 saturated carbocycles. The molecule has 0 aliphatic carbocycles. The van der Waals surface area contributed by atoms with Crippen molar-refractivity contribution in [2.75, 3.05) is 14.1 Å². The molecule has 0 aliphatic heterocycles. The number of hydrogen-bond donors (Lipinski definition) is 1. The standard InChI is InChI=1S/C3H8N2O.C2H6.H2/c1-5(2)3(4)6;1-2;/h1-2H3,(H2,4,6);1-2H3;1H. The van der Waals surface area contributed by atoms with E-state index in [0.29, 0.717) is 0 Å². The molecule has 52 valence electrons. The Kier molecular flexibility index (Phi) is 8.07. The van der Waals surface area contributed by atoms with Crippen LogP contribution in [0.15, 0.2) is 0 Å². The molecule has 8 heavy (non-hydrogen) atoms. The Hall–Kier alpha value is -0.730. The molecular weight excluding hydrogens is 104 g/mol. The van der Waals surface area contributed by atoms with Gasteiger partial charge in [-0.3, -0.25) is 0 Å². The molecule has 0 spiro atoms. The maximum Gasteiger partial charge on any atom is 0.314 e. The highest BCUT2D eigenvalue weighted by molar-refractivity contribution is 5.71. The molecule has 0 heterocycles. The first-order valence-corrected chi connectivity index (χ1v) is 2.61. The highest BCUT2D eigenvalue weighted by atomic mass is 16.2. The molecule has 2 N–H and O–H groups in total. The van der Waals surface area contributed by atoms with Crippen molar-refractivity contribution >= 4 is 6.03 Å². The Labute approximate surface area is 52.0 Å². The molecule has 3 heteroatoms. The summed E-state index contributed by atoms with van der Waals surface area (Å²) in [5, 5.41) is 0. The van der Waals surface area contributed by atoms with Gasteiger partial charge < -0.3 is 10.6 Å². The largest absolute Gasteiger partial charge is 0.352 e. The molecular formula is C5H16N2O. The van der Waals surface area contributed by atoms with Crippen LogP contribution in [0.2, 0.25) is 0 Å². The zero-order valence-corrected chi connectivity index (χ0v) is 5.93. The van der Waals surface area contributed by atoms with Crippen molar-refractivity contribution in [2.45, 2.75) is 13.8 Å². The lowest BCUT2D eigenvalue weighted by Gasteiger charge is -2.01. The van der Waals surface area contributed by atoms with Gasteiger partial charge in [-0.25, -0.2) is 4.79 Å². The summed E-state index contributed by atoms with van der Waals surface area (Å²) in [7, 11) is 3.20. The second-order valence-corrected chi connectivity index (χ2v) is 1.23. The molecule has 0 aromatic carbocycles. The van der Waals surface area contributed by atoms with Crippen LogP contribution < -0.4 is 5.73 Å². The quantitative estimate of drug-likeness (QED) is 0.507. The lowest BCUT2D eigenvalue weighted by molar-refractivity contribution is 0.227. The molecule has 0 radical (unpaired) electrons. The summed E-state index contributed by atoms with van der Waals surface area (Å²) >= 11 is 0. The number of carbonyl (C=O) groups is 1. The van der Waals surface area contributed by atoms with E-state index in [-0.39, 0.29) is 1.43 Å². The molecule has 3 nitrogen and oxygen atoms in total. The van der Waals surface area contributed by atoms with Gasteiger partial charge in [0.2, 0.25) is 0 Å². The molecule has 0 atom stereocenters. The van der Waals surface area contributed by atoms with Crippen molar-refractivity contribution in [1.29, 1.82) is 0 Å². The molecule has 0 bridgehead atoms. The first-order valence-electron chi connectivity index (χ1n) is 2.61. The zero-order valence-electron chi connectivity index (χ0n) is 5.93. The first-order chi connectivity index (χ1) is 3.64. The Bertz CT molecular complexity index is 66.0. The van der Waals surface area contributed by atoms with Gasteiger partial charge in [0.25, 0.3) is 0 Å². The van der Waals surface area contributed by atoms with Gasteiger partial charge in [-0.05, 0) is 0 Å². The summed E-state index contributed by atoms with van der Waals surface area (Å²) in [6.07, 6.45) is 0. The number of carbonyl (C=O) groups excluding carboxylic acids is 1. The van der Waals surface area contributed by atoms with E-state index < -0.39 is 6.03 Å². The fourth-order valence-corrected chi connectivity index (χ4v) is 0. The van der Waals surface area contributed by atoms with Crippen LogP contribution in [0.3, 0.4) is 0 Å². The third kappa shape index (κ3) is 8.99. The lowest BCUT2D eigenvalue weighted by Crippen LogP contribution is -2.27. The third-order valence-electron chi connectivity index (χ3n) is 0.441. The van der Waals surface area contributed by atoms with E-state index in [1.54, 1.807) is 14.1 Å². The summed E-state index contributed by atoms with van der Waals surface area (Å²) < 4.78 is 0. The molecule has 0 aliphatic rings. The van der Waals surface area contributed by atoms with Crippen LogP contribution in [0.5, 0.6) is 0 Å². The fourth-order valence-electron chi connectivity index (χ4n) is 0. The number of nitrogens with two attached hydrogens (primary N) is 1. The summed E-state index contributed by atoms with van der Waals surface area (Å²) in [4.78, 5) is 11.2. The first kappa shape index (κ1) is 10.3. The highest BCUT2D eigenvalue weighted by Gasteiger charge is 1.88. The van der Waals surface area contributed by atoms with Crippen molar-refractivity contribution in [1.82, 2.24) is 4.90 Å². The number of rotatable bonds is 0. The maximum atomic E-state index is 9.85. The Balaban J connectivity index is -0.000000109. The van der Waals surface area contributed by atoms with Gasteiger partial charge in [-0.2, -0.15) is 0 Å². The molecule has 0 unspecified atom stereocenters. The Morgan fingerprint density at radius 1 is 1.50 bits per heavy atom. The summed E-state index contributed by atoms with van der Waals surface area (Å²) in [6, 6.07) is -0.407. The van der Waals surface area contributed by atoms with Crippen molar-refractivity contribution in [3.05, 3.63) is 0 Å². The predicted octanol–water partition coefficient (Wildman–Crippen LogP) is 0.899.